The second-order valence-electron chi connectivity index (χ2n) is 10.8. The van der Waals surface area contributed by atoms with Crippen LogP contribution in [0.2, 0.25) is 0 Å². The van der Waals surface area contributed by atoms with Crippen LogP contribution in [0.4, 0.5) is 0 Å². The lowest BCUT2D eigenvalue weighted by atomic mass is 9.84. The number of nitrogens with two attached hydrogens (primary N) is 1. The highest BCUT2D eigenvalue weighted by atomic mass is 32.2. The van der Waals surface area contributed by atoms with Crippen molar-refractivity contribution in [2.24, 2.45) is 5.73 Å². The largest absolute Gasteiger partial charge is 0.481 e. The Morgan fingerprint density at radius 1 is 1.14 bits per heavy atom. The molecule has 12 nitrogen and oxygen atoms in total. The van der Waals surface area contributed by atoms with Crippen molar-refractivity contribution in [1.82, 2.24) is 19.3 Å². The fraction of sp³-hybridized carbons (Fsp3) is 0.355. The van der Waals surface area contributed by atoms with Gasteiger partial charge in [-0.1, -0.05) is 35.5 Å². The summed E-state index contributed by atoms with van der Waals surface area (Å²) in [7, 11) is -4.05. The van der Waals surface area contributed by atoms with Gasteiger partial charge in [-0.3, -0.25) is 9.59 Å². The summed E-state index contributed by atoms with van der Waals surface area (Å²) in [5, 5.41) is 17.6. The van der Waals surface area contributed by atoms with Gasteiger partial charge in [0.1, 0.15) is 11.3 Å². The number of ether oxygens (including phenoxy) is 1. The Morgan fingerprint density at radius 2 is 1.93 bits per heavy atom. The van der Waals surface area contributed by atoms with Crippen molar-refractivity contribution in [1.29, 1.82) is 0 Å². The van der Waals surface area contributed by atoms with Gasteiger partial charge in [-0.25, -0.2) is 4.68 Å². The van der Waals surface area contributed by atoms with Gasteiger partial charge >= 0.3 is 22.2 Å². The number of carbonyl (C=O) groups is 2. The Morgan fingerprint density at radius 3 is 2.66 bits per heavy atom. The van der Waals surface area contributed by atoms with E-state index in [1.54, 1.807) is 23.7 Å². The van der Waals surface area contributed by atoms with Gasteiger partial charge in [0.15, 0.2) is 0 Å². The number of esters is 1. The van der Waals surface area contributed by atoms with Crippen molar-refractivity contribution in [2.45, 2.75) is 65.7 Å². The van der Waals surface area contributed by atoms with Gasteiger partial charge in [0, 0.05) is 31.1 Å². The molecule has 44 heavy (non-hydrogen) atoms. The molecule has 0 amide bonds. The van der Waals surface area contributed by atoms with E-state index < -0.39 is 22.2 Å². The quantitative estimate of drug-likeness (QED) is 0.236. The Balaban J connectivity index is 1.51. The summed E-state index contributed by atoms with van der Waals surface area (Å²) < 4.78 is 39.8. The van der Waals surface area contributed by atoms with E-state index in [9.17, 15) is 18.0 Å². The first-order chi connectivity index (χ1) is 21.0. The molecular formula is C31H35N5O7S. The molecule has 5 rings (SSSR count). The maximum absolute atomic E-state index is 13.1. The fourth-order valence-corrected chi connectivity index (χ4v) is 6.61. The Kier molecular flexibility index (Phi) is 9.00. The van der Waals surface area contributed by atoms with Gasteiger partial charge < -0.3 is 19.8 Å². The van der Waals surface area contributed by atoms with Crippen molar-refractivity contribution in [2.75, 3.05) is 6.61 Å². The van der Waals surface area contributed by atoms with Gasteiger partial charge in [0.05, 0.1) is 31.5 Å². The SMILES string of the molecule is CCOC(=O)CC(c1ccc(C)c(CN2Cc3cc(CN)ccc3OS2(=O)=O)c1)c1ccc2c(nnn2CCC(=O)O)c1C. The van der Waals surface area contributed by atoms with Crippen LogP contribution in [0.3, 0.4) is 0 Å². The lowest BCUT2D eigenvalue weighted by Gasteiger charge is -2.29. The molecule has 0 fully saturated rings. The number of hydrogen-bond donors (Lipinski definition) is 2. The molecule has 1 unspecified atom stereocenters. The number of fused-ring (bicyclic) bond motifs is 2. The summed E-state index contributed by atoms with van der Waals surface area (Å²) in [5.74, 6) is -1.43. The standard InChI is InChI=1S/C31H35N5O7S/c1-4-42-30(39)15-26(25-8-9-27-31(20(25)3)33-34-36(27)12-11-29(37)38)22-7-5-19(2)23(14-22)17-35-18-24-13-21(16-32)6-10-28(24)43-44(35,40)41/h5-10,13-14,26H,4,11-12,15-18,32H2,1-3H3,(H,37,38). The molecule has 1 aliphatic heterocycles. The zero-order valence-electron chi connectivity index (χ0n) is 24.8. The second kappa shape index (κ2) is 12.7. The van der Waals surface area contributed by atoms with E-state index in [1.807, 2.05) is 50.2 Å². The van der Waals surface area contributed by atoms with Crippen LogP contribution in [0.5, 0.6) is 5.75 Å². The third-order valence-electron chi connectivity index (χ3n) is 7.91. The van der Waals surface area contributed by atoms with E-state index in [4.69, 9.17) is 19.8 Å². The number of aryl methyl sites for hydroxylation is 3. The van der Waals surface area contributed by atoms with Crippen LogP contribution >= 0.6 is 0 Å². The molecule has 0 aliphatic carbocycles. The summed E-state index contributed by atoms with van der Waals surface area (Å²) >= 11 is 0. The minimum atomic E-state index is -4.05. The van der Waals surface area contributed by atoms with E-state index in [-0.39, 0.29) is 45.1 Å². The van der Waals surface area contributed by atoms with Crippen LogP contribution in [0.1, 0.15) is 64.6 Å². The van der Waals surface area contributed by atoms with E-state index in [1.165, 1.54) is 4.31 Å². The summed E-state index contributed by atoms with van der Waals surface area (Å²) in [4.78, 5) is 23.9. The molecule has 13 heteroatoms. The minimum Gasteiger partial charge on any atom is -0.481 e. The molecule has 232 valence electrons. The van der Waals surface area contributed by atoms with Crippen molar-refractivity contribution in [3.8, 4) is 5.75 Å². The molecule has 1 aromatic heterocycles. The molecule has 2 heterocycles. The lowest BCUT2D eigenvalue weighted by molar-refractivity contribution is -0.143. The molecule has 0 saturated carbocycles. The molecule has 0 radical (unpaired) electrons. The molecule has 3 N–H and O–H groups in total. The normalized spacial score (nSPS) is 15.0. The third-order valence-corrected chi connectivity index (χ3v) is 9.19. The van der Waals surface area contributed by atoms with Crippen molar-refractivity contribution < 1.29 is 32.0 Å². The highest BCUT2D eigenvalue weighted by Gasteiger charge is 2.32. The maximum atomic E-state index is 13.1. The van der Waals surface area contributed by atoms with E-state index in [0.29, 0.717) is 23.3 Å². The number of aliphatic carboxylic acids is 1. The molecular weight excluding hydrogens is 586 g/mol. The maximum Gasteiger partial charge on any atom is 0.385 e. The highest BCUT2D eigenvalue weighted by molar-refractivity contribution is 7.84. The second-order valence-corrected chi connectivity index (χ2v) is 12.3. The van der Waals surface area contributed by atoms with Gasteiger partial charge in [-0.15, -0.1) is 5.10 Å². The van der Waals surface area contributed by atoms with Gasteiger partial charge in [0.2, 0.25) is 0 Å². The van der Waals surface area contributed by atoms with E-state index >= 15 is 0 Å². The van der Waals surface area contributed by atoms with Gasteiger partial charge in [0.25, 0.3) is 0 Å². The molecule has 1 atom stereocenters. The van der Waals surface area contributed by atoms with Crippen LogP contribution in [0.25, 0.3) is 11.0 Å². The smallest absolute Gasteiger partial charge is 0.385 e. The van der Waals surface area contributed by atoms with E-state index in [2.05, 4.69) is 10.3 Å². The Labute approximate surface area is 255 Å². The molecule has 0 bridgehead atoms. The predicted molar refractivity (Wildman–Crippen MR) is 162 cm³/mol. The number of rotatable bonds is 11. The number of carboxylic acid groups (broad SMARTS) is 1. The zero-order valence-corrected chi connectivity index (χ0v) is 25.6. The predicted octanol–water partition coefficient (Wildman–Crippen LogP) is 3.71. The number of carboxylic acids is 1. The van der Waals surface area contributed by atoms with Crippen LogP contribution in [-0.2, 0) is 50.8 Å². The van der Waals surface area contributed by atoms with Crippen LogP contribution < -0.4 is 9.92 Å². The average Bonchev–Trinajstić information content (AvgIpc) is 3.40. The van der Waals surface area contributed by atoms with Gasteiger partial charge in [-0.05, 0) is 72.4 Å². The first-order valence-corrected chi connectivity index (χ1v) is 15.7. The first-order valence-electron chi connectivity index (χ1n) is 14.3. The monoisotopic (exact) mass is 621 g/mol. The number of hydrogen-bond acceptors (Lipinski definition) is 9. The van der Waals surface area contributed by atoms with Crippen LogP contribution in [0.15, 0.2) is 48.5 Å². The van der Waals surface area contributed by atoms with Crippen LogP contribution in [0, 0.1) is 13.8 Å². The molecule has 4 aromatic rings. The summed E-state index contributed by atoms with van der Waals surface area (Å²) in [5.41, 5.74) is 12.8. The van der Waals surface area contributed by atoms with E-state index in [0.717, 1.165) is 38.9 Å². The number of nitrogens with zero attached hydrogens (tertiary/aromatic N) is 4. The van der Waals surface area contributed by atoms with Crippen LogP contribution in [-0.4, -0.2) is 51.4 Å². The third kappa shape index (κ3) is 6.44. The topological polar surface area (TPSA) is 167 Å². The molecule has 0 saturated heterocycles. The number of carbonyl (C=O) groups excluding carboxylic acids is 1. The Bertz CT molecular complexity index is 1840. The molecule has 3 aromatic carbocycles. The van der Waals surface area contributed by atoms with Crippen molar-refractivity contribution in [3.63, 3.8) is 0 Å². The first kappa shape index (κ1) is 31.1. The van der Waals surface area contributed by atoms with Crippen molar-refractivity contribution in [3.05, 3.63) is 87.5 Å². The molecule has 1 aliphatic rings. The lowest BCUT2D eigenvalue weighted by Crippen LogP contribution is -2.37. The zero-order chi connectivity index (χ0) is 31.6. The summed E-state index contributed by atoms with van der Waals surface area (Å²) in [6.07, 6.45) is -0.0371. The fourth-order valence-electron chi connectivity index (χ4n) is 5.52. The number of aromatic nitrogens is 3. The molecule has 0 spiro atoms. The minimum absolute atomic E-state index is 0.0518. The van der Waals surface area contributed by atoms with Crippen molar-refractivity contribution >= 4 is 33.3 Å². The summed E-state index contributed by atoms with van der Waals surface area (Å²) in [6.45, 7) is 6.49. The average molecular weight is 622 g/mol. The number of benzene rings is 3. The van der Waals surface area contributed by atoms with Gasteiger partial charge in [-0.2, -0.15) is 12.7 Å². The Hall–Kier alpha value is -4.33. The summed E-state index contributed by atoms with van der Waals surface area (Å²) in [6, 6.07) is 14.7. The highest BCUT2D eigenvalue weighted by Crippen LogP contribution is 2.36.